The van der Waals surface area contributed by atoms with Gasteiger partial charge in [0.15, 0.2) is 5.82 Å². The van der Waals surface area contributed by atoms with Crippen molar-refractivity contribution in [3.63, 3.8) is 0 Å². The predicted octanol–water partition coefficient (Wildman–Crippen LogP) is 1.86. The lowest BCUT2D eigenvalue weighted by Crippen LogP contribution is -2.02. The van der Waals surface area contributed by atoms with Gasteiger partial charge in [-0.15, -0.1) is 0 Å². The third-order valence-electron chi connectivity index (χ3n) is 2.26. The monoisotopic (exact) mass is 232 g/mol. The van der Waals surface area contributed by atoms with Gasteiger partial charge >= 0.3 is 0 Å². The van der Waals surface area contributed by atoms with Crippen LogP contribution in [-0.2, 0) is 6.42 Å². The molecule has 2 rings (SSSR count). The number of nitrogens with one attached hydrogen (secondary N) is 1. The summed E-state index contributed by atoms with van der Waals surface area (Å²) in [6, 6.07) is 7.80. The number of rotatable bonds is 4. The van der Waals surface area contributed by atoms with Crippen molar-refractivity contribution in [3.8, 4) is 0 Å². The summed E-state index contributed by atoms with van der Waals surface area (Å²) in [6.45, 7) is 0.633. The second-order valence-electron chi connectivity index (χ2n) is 3.59. The van der Waals surface area contributed by atoms with Gasteiger partial charge in [-0.25, -0.2) is 14.4 Å². The number of hydrogen-bond acceptors (Lipinski definition) is 4. The summed E-state index contributed by atoms with van der Waals surface area (Å²) in [5.74, 6) is -0.0770. The maximum atomic E-state index is 12.6. The van der Waals surface area contributed by atoms with Crippen LogP contribution >= 0.6 is 0 Å². The average molecular weight is 232 g/mol. The Kier molecular flexibility index (Phi) is 3.62. The molecule has 3 N–H and O–H groups in total. The van der Waals surface area contributed by atoms with Crippen molar-refractivity contribution in [3.05, 3.63) is 48.0 Å². The molecule has 0 unspecified atom stereocenters. The van der Waals surface area contributed by atoms with Gasteiger partial charge in [0.25, 0.3) is 0 Å². The number of anilines is 2. The van der Waals surface area contributed by atoms with Crippen LogP contribution in [-0.4, -0.2) is 16.5 Å². The fourth-order valence-corrected chi connectivity index (χ4v) is 1.43. The predicted molar refractivity (Wildman–Crippen MR) is 64.5 cm³/mol. The Balaban J connectivity index is 2.05. The quantitative estimate of drug-likeness (QED) is 0.844. The van der Waals surface area contributed by atoms with E-state index >= 15 is 0 Å². The second kappa shape index (κ2) is 5.36. The minimum absolute atomic E-state index is 0.373. The zero-order valence-electron chi connectivity index (χ0n) is 9.23. The van der Waals surface area contributed by atoms with Crippen molar-refractivity contribution in [2.24, 2.45) is 5.73 Å². The van der Waals surface area contributed by atoms with Crippen LogP contribution in [0.3, 0.4) is 0 Å². The molecule has 5 heteroatoms. The van der Waals surface area contributed by atoms with Gasteiger partial charge in [-0.3, -0.25) is 0 Å². The normalized spacial score (nSPS) is 10.2. The van der Waals surface area contributed by atoms with E-state index in [1.165, 1.54) is 5.56 Å². The highest BCUT2D eigenvalue weighted by molar-refractivity contribution is 5.53. The smallest absolute Gasteiger partial charge is 0.227 e. The topological polar surface area (TPSA) is 63.8 Å². The van der Waals surface area contributed by atoms with Crippen LogP contribution in [0.1, 0.15) is 5.56 Å². The van der Waals surface area contributed by atoms with Crippen LogP contribution in [0.2, 0.25) is 0 Å². The van der Waals surface area contributed by atoms with Crippen molar-refractivity contribution >= 4 is 11.6 Å². The molecule has 0 aliphatic carbocycles. The second-order valence-corrected chi connectivity index (χ2v) is 3.59. The summed E-state index contributed by atoms with van der Waals surface area (Å²) in [5, 5.41) is 2.98. The average Bonchev–Trinajstić information content (AvgIpc) is 2.35. The fourth-order valence-electron chi connectivity index (χ4n) is 1.43. The summed E-state index contributed by atoms with van der Waals surface area (Å²) >= 11 is 0. The molecule has 0 aliphatic rings. The summed E-state index contributed by atoms with van der Waals surface area (Å²) in [4.78, 5) is 7.63. The maximum Gasteiger partial charge on any atom is 0.227 e. The molecule has 17 heavy (non-hydrogen) atoms. The Morgan fingerprint density at radius 2 is 1.76 bits per heavy atom. The van der Waals surface area contributed by atoms with Crippen molar-refractivity contribution in [2.75, 3.05) is 11.9 Å². The van der Waals surface area contributed by atoms with Crippen LogP contribution in [0.4, 0.5) is 16.0 Å². The SMILES string of the molecule is NCCc1ccc(Nc2ncc(F)cn2)cc1. The highest BCUT2D eigenvalue weighted by atomic mass is 19.1. The summed E-state index contributed by atoms with van der Waals surface area (Å²) in [5.41, 5.74) is 7.50. The van der Waals surface area contributed by atoms with E-state index in [0.717, 1.165) is 24.5 Å². The number of aromatic nitrogens is 2. The van der Waals surface area contributed by atoms with Gasteiger partial charge in [0.1, 0.15) is 0 Å². The van der Waals surface area contributed by atoms with E-state index < -0.39 is 5.82 Å². The molecule has 0 radical (unpaired) electrons. The minimum atomic E-state index is -0.450. The fraction of sp³-hybridized carbons (Fsp3) is 0.167. The number of halogens is 1. The molecular weight excluding hydrogens is 219 g/mol. The van der Waals surface area contributed by atoms with E-state index in [1.807, 2.05) is 24.3 Å². The van der Waals surface area contributed by atoms with Crippen molar-refractivity contribution in [2.45, 2.75) is 6.42 Å². The summed E-state index contributed by atoms with van der Waals surface area (Å²) < 4.78 is 12.6. The molecule has 0 atom stereocenters. The number of nitrogens with two attached hydrogens (primary N) is 1. The van der Waals surface area contributed by atoms with Crippen LogP contribution in [0.15, 0.2) is 36.7 Å². The minimum Gasteiger partial charge on any atom is -0.330 e. The molecule has 2 aromatic rings. The van der Waals surface area contributed by atoms with E-state index in [4.69, 9.17) is 5.73 Å². The van der Waals surface area contributed by atoms with Crippen LogP contribution in [0, 0.1) is 5.82 Å². The Hall–Kier alpha value is -2.01. The Labute approximate surface area is 98.7 Å². The molecule has 0 aliphatic heterocycles. The highest BCUT2D eigenvalue weighted by Gasteiger charge is 1.98. The van der Waals surface area contributed by atoms with Gasteiger partial charge < -0.3 is 11.1 Å². The van der Waals surface area contributed by atoms with E-state index in [9.17, 15) is 4.39 Å². The van der Waals surface area contributed by atoms with Gasteiger partial charge in [-0.2, -0.15) is 0 Å². The number of hydrogen-bond donors (Lipinski definition) is 2. The van der Waals surface area contributed by atoms with Gasteiger partial charge in [0.05, 0.1) is 12.4 Å². The molecule has 1 aromatic carbocycles. The Morgan fingerprint density at radius 1 is 1.12 bits per heavy atom. The third kappa shape index (κ3) is 3.22. The molecule has 0 spiro atoms. The van der Waals surface area contributed by atoms with E-state index in [-0.39, 0.29) is 0 Å². The van der Waals surface area contributed by atoms with E-state index in [2.05, 4.69) is 15.3 Å². The Morgan fingerprint density at radius 3 is 2.35 bits per heavy atom. The first-order valence-electron chi connectivity index (χ1n) is 5.31. The molecule has 0 saturated heterocycles. The first kappa shape index (κ1) is 11.5. The standard InChI is InChI=1S/C12H13FN4/c13-10-7-15-12(16-8-10)17-11-3-1-9(2-4-11)5-6-14/h1-4,7-8H,5-6,14H2,(H,15,16,17). The number of benzene rings is 1. The van der Waals surface area contributed by atoms with Crippen molar-refractivity contribution in [1.82, 2.24) is 9.97 Å². The largest absolute Gasteiger partial charge is 0.330 e. The van der Waals surface area contributed by atoms with Gasteiger partial charge in [0, 0.05) is 5.69 Å². The zero-order chi connectivity index (χ0) is 12.1. The van der Waals surface area contributed by atoms with Crippen LogP contribution in [0.25, 0.3) is 0 Å². The zero-order valence-corrected chi connectivity index (χ0v) is 9.23. The molecule has 0 fully saturated rings. The summed E-state index contributed by atoms with van der Waals surface area (Å²) in [7, 11) is 0. The van der Waals surface area contributed by atoms with Crippen molar-refractivity contribution in [1.29, 1.82) is 0 Å². The molecule has 0 bridgehead atoms. The van der Waals surface area contributed by atoms with Crippen molar-refractivity contribution < 1.29 is 4.39 Å². The van der Waals surface area contributed by atoms with Crippen LogP contribution in [0.5, 0.6) is 0 Å². The first-order valence-corrected chi connectivity index (χ1v) is 5.31. The molecule has 1 aromatic heterocycles. The number of nitrogens with zero attached hydrogens (tertiary/aromatic N) is 2. The lowest BCUT2D eigenvalue weighted by molar-refractivity contribution is 0.614. The van der Waals surface area contributed by atoms with Gasteiger partial charge in [-0.1, -0.05) is 12.1 Å². The lowest BCUT2D eigenvalue weighted by atomic mass is 10.1. The van der Waals surface area contributed by atoms with Gasteiger partial charge in [-0.05, 0) is 30.7 Å². The van der Waals surface area contributed by atoms with E-state index in [1.54, 1.807) is 0 Å². The molecule has 1 heterocycles. The summed E-state index contributed by atoms with van der Waals surface area (Å²) in [6.07, 6.45) is 3.10. The molecule has 4 nitrogen and oxygen atoms in total. The highest BCUT2D eigenvalue weighted by Crippen LogP contribution is 2.13. The Bertz CT molecular complexity index is 467. The molecule has 0 saturated carbocycles. The van der Waals surface area contributed by atoms with Crippen LogP contribution < -0.4 is 11.1 Å². The first-order chi connectivity index (χ1) is 8.28. The molecular formula is C12H13FN4. The van der Waals surface area contributed by atoms with Gasteiger partial charge in [0.2, 0.25) is 5.95 Å². The maximum absolute atomic E-state index is 12.6. The molecule has 88 valence electrons. The van der Waals surface area contributed by atoms with E-state index in [0.29, 0.717) is 12.5 Å². The molecule has 0 amide bonds. The third-order valence-corrected chi connectivity index (χ3v) is 2.26. The lowest BCUT2D eigenvalue weighted by Gasteiger charge is -2.05.